The van der Waals surface area contributed by atoms with Gasteiger partial charge in [-0.05, 0) is 60.6 Å². The molecule has 0 atom stereocenters. The average Bonchev–Trinajstić information content (AvgIpc) is 2.84. The summed E-state index contributed by atoms with van der Waals surface area (Å²) in [5, 5.41) is 4.72. The molecule has 1 aliphatic rings. The van der Waals surface area contributed by atoms with E-state index in [4.69, 9.17) is 5.10 Å². The Morgan fingerprint density at radius 3 is 2.19 bits per heavy atom. The van der Waals surface area contributed by atoms with E-state index in [-0.39, 0.29) is 0 Å². The van der Waals surface area contributed by atoms with Crippen LogP contribution in [-0.2, 0) is 19.5 Å². The molecule has 0 aliphatic carbocycles. The zero-order valence-corrected chi connectivity index (χ0v) is 15.7. The Labute approximate surface area is 138 Å². The molecule has 0 aromatic carbocycles. The molecule has 1 aromatic rings. The molecule has 0 amide bonds. The lowest BCUT2D eigenvalue weighted by atomic mass is 9.74. The molecule has 0 unspecified atom stereocenters. The standard InChI is InChI=1S/C17H30BrN3/c1-5-14-16(18)15(21(8-4)19-14)13-20-11-9-17(6-2,7-3)10-12-20/h5-13H2,1-4H3. The zero-order valence-electron chi connectivity index (χ0n) is 14.1. The molecule has 4 heteroatoms. The van der Waals surface area contributed by atoms with E-state index < -0.39 is 0 Å². The van der Waals surface area contributed by atoms with Crippen molar-refractivity contribution in [1.82, 2.24) is 14.7 Å². The topological polar surface area (TPSA) is 21.1 Å². The molecule has 3 nitrogen and oxygen atoms in total. The van der Waals surface area contributed by atoms with Gasteiger partial charge in [-0.3, -0.25) is 9.58 Å². The number of rotatable bonds is 6. The summed E-state index contributed by atoms with van der Waals surface area (Å²) in [5.41, 5.74) is 3.16. The van der Waals surface area contributed by atoms with Crippen LogP contribution in [0.25, 0.3) is 0 Å². The second-order valence-corrected chi connectivity index (χ2v) is 7.15. The van der Waals surface area contributed by atoms with Gasteiger partial charge in [0.05, 0.1) is 15.9 Å². The van der Waals surface area contributed by atoms with Gasteiger partial charge in [0, 0.05) is 13.1 Å². The van der Waals surface area contributed by atoms with Crippen LogP contribution in [0.4, 0.5) is 0 Å². The highest BCUT2D eigenvalue weighted by Crippen LogP contribution is 2.38. The van der Waals surface area contributed by atoms with E-state index in [0.29, 0.717) is 5.41 Å². The number of aromatic nitrogens is 2. The largest absolute Gasteiger partial charge is 0.297 e. The summed E-state index contributed by atoms with van der Waals surface area (Å²) in [7, 11) is 0. The molecule has 0 bridgehead atoms. The van der Waals surface area contributed by atoms with Gasteiger partial charge in [-0.2, -0.15) is 5.10 Å². The summed E-state index contributed by atoms with van der Waals surface area (Å²) in [6, 6.07) is 0. The van der Waals surface area contributed by atoms with Crippen LogP contribution in [0.3, 0.4) is 0 Å². The van der Waals surface area contributed by atoms with E-state index in [1.807, 2.05) is 0 Å². The van der Waals surface area contributed by atoms with E-state index >= 15 is 0 Å². The molecular formula is C17H30BrN3. The first-order chi connectivity index (χ1) is 10.1. The molecule has 1 aliphatic heterocycles. The molecule has 2 rings (SSSR count). The van der Waals surface area contributed by atoms with Crippen molar-refractivity contribution in [2.24, 2.45) is 5.41 Å². The number of halogens is 1. The highest BCUT2D eigenvalue weighted by atomic mass is 79.9. The summed E-state index contributed by atoms with van der Waals surface area (Å²) < 4.78 is 3.40. The van der Waals surface area contributed by atoms with E-state index in [1.54, 1.807) is 0 Å². The molecule has 1 saturated heterocycles. The van der Waals surface area contributed by atoms with E-state index in [0.717, 1.165) is 19.5 Å². The van der Waals surface area contributed by atoms with Crippen molar-refractivity contribution in [3.05, 3.63) is 15.9 Å². The fraction of sp³-hybridized carbons (Fsp3) is 0.824. The van der Waals surface area contributed by atoms with Crippen molar-refractivity contribution in [2.75, 3.05) is 13.1 Å². The van der Waals surface area contributed by atoms with Crippen LogP contribution in [0.1, 0.15) is 64.8 Å². The van der Waals surface area contributed by atoms with Crippen LogP contribution in [0, 0.1) is 5.41 Å². The van der Waals surface area contributed by atoms with Crippen molar-refractivity contribution in [3.63, 3.8) is 0 Å². The van der Waals surface area contributed by atoms with Gasteiger partial charge in [0.25, 0.3) is 0 Å². The predicted molar refractivity (Wildman–Crippen MR) is 92.5 cm³/mol. The second-order valence-electron chi connectivity index (χ2n) is 6.36. The maximum atomic E-state index is 4.72. The van der Waals surface area contributed by atoms with Gasteiger partial charge in [0.1, 0.15) is 0 Å². The van der Waals surface area contributed by atoms with Gasteiger partial charge in [-0.15, -0.1) is 0 Å². The number of hydrogen-bond acceptors (Lipinski definition) is 2. The maximum Gasteiger partial charge on any atom is 0.0767 e. The third-order valence-electron chi connectivity index (χ3n) is 5.48. The molecular weight excluding hydrogens is 326 g/mol. The van der Waals surface area contributed by atoms with Gasteiger partial charge >= 0.3 is 0 Å². The monoisotopic (exact) mass is 355 g/mol. The first kappa shape index (κ1) is 17.0. The molecule has 0 saturated carbocycles. The minimum Gasteiger partial charge on any atom is -0.297 e. The summed E-state index contributed by atoms with van der Waals surface area (Å²) in [4.78, 5) is 2.61. The van der Waals surface area contributed by atoms with Gasteiger partial charge in [-0.25, -0.2) is 0 Å². The molecule has 2 heterocycles. The lowest BCUT2D eigenvalue weighted by molar-refractivity contribution is 0.0890. The van der Waals surface area contributed by atoms with Crippen LogP contribution in [0.15, 0.2) is 4.47 Å². The van der Waals surface area contributed by atoms with Gasteiger partial charge in [0.2, 0.25) is 0 Å². The third kappa shape index (κ3) is 3.53. The molecule has 0 spiro atoms. The lowest BCUT2D eigenvalue weighted by Gasteiger charge is -2.41. The van der Waals surface area contributed by atoms with Crippen molar-refractivity contribution >= 4 is 15.9 Å². The SMILES string of the molecule is CCc1nn(CC)c(CN2CCC(CC)(CC)CC2)c1Br. The summed E-state index contributed by atoms with van der Waals surface area (Å²) in [6.07, 6.45) is 6.34. The molecule has 1 fully saturated rings. The van der Waals surface area contributed by atoms with Gasteiger partial charge < -0.3 is 0 Å². The van der Waals surface area contributed by atoms with Crippen LogP contribution in [0.5, 0.6) is 0 Å². The van der Waals surface area contributed by atoms with Gasteiger partial charge in [-0.1, -0.05) is 33.6 Å². The molecule has 120 valence electrons. The van der Waals surface area contributed by atoms with Crippen molar-refractivity contribution in [1.29, 1.82) is 0 Å². The molecule has 21 heavy (non-hydrogen) atoms. The Bertz CT molecular complexity index is 453. The highest BCUT2D eigenvalue weighted by Gasteiger charge is 2.31. The fourth-order valence-electron chi connectivity index (χ4n) is 3.52. The van der Waals surface area contributed by atoms with Crippen LogP contribution in [-0.4, -0.2) is 27.8 Å². The summed E-state index contributed by atoms with van der Waals surface area (Å²) in [5.74, 6) is 0. The lowest BCUT2D eigenvalue weighted by Crippen LogP contribution is -2.39. The number of nitrogens with zero attached hydrogens (tertiary/aromatic N) is 3. The third-order valence-corrected chi connectivity index (χ3v) is 6.40. The van der Waals surface area contributed by atoms with Crippen LogP contribution >= 0.6 is 15.9 Å². The van der Waals surface area contributed by atoms with E-state index in [2.05, 4.69) is 53.2 Å². The maximum absolute atomic E-state index is 4.72. The highest BCUT2D eigenvalue weighted by molar-refractivity contribution is 9.10. The minimum atomic E-state index is 0.604. The normalized spacial score (nSPS) is 19.1. The van der Waals surface area contributed by atoms with E-state index in [1.165, 1.54) is 54.6 Å². The van der Waals surface area contributed by atoms with Crippen molar-refractivity contribution < 1.29 is 0 Å². The average molecular weight is 356 g/mol. The summed E-state index contributed by atoms with van der Waals surface area (Å²) in [6.45, 7) is 13.5. The predicted octanol–water partition coefficient (Wildman–Crippen LogP) is 4.63. The van der Waals surface area contributed by atoms with Gasteiger partial charge in [0.15, 0.2) is 0 Å². The molecule has 0 radical (unpaired) electrons. The Morgan fingerprint density at radius 2 is 1.71 bits per heavy atom. The molecule has 0 N–H and O–H groups in total. The van der Waals surface area contributed by atoms with Crippen molar-refractivity contribution in [2.45, 2.75) is 72.9 Å². The Kier molecular flexibility index (Phi) is 5.89. The first-order valence-electron chi connectivity index (χ1n) is 8.55. The number of hydrogen-bond donors (Lipinski definition) is 0. The minimum absolute atomic E-state index is 0.604. The second kappa shape index (κ2) is 7.28. The quantitative estimate of drug-likeness (QED) is 0.741. The number of likely N-dealkylation sites (tertiary alicyclic amines) is 1. The van der Waals surface area contributed by atoms with E-state index in [9.17, 15) is 0 Å². The zero-order chi connectivity index (χ0) is 15.5. The summed E-state index contributed by atoms with van der Waals surface area (Å²) >= 11 is 3.77. The van der Waals surface area contributed by atoms with Crippen LogP contribution in [0.2, 0.25) is 0 Å². The first-order valence-corrected chi connectivity index (χ1v) is 9.34. The fourth-order valence-corrected chi connectivity index (χ4v) is 4.21. The van der Waals surface area contributed by atoms with Crippen LogP contribution < -0.4 is 0 Å². The number of aryl methyl sites for hydroxylation is 2. The Morgan fingerprint density at radius 1 is 1.10 bits per heavy atom. The Hall–Kier alpha value is -0.350. The van der Waals surface area contributed by atoms with Crippen molar-refractivity contribution in [3.8, 4) is 0 Å². The molecule has 1 aromatic heterocycles. The number of piperidine rings is 1. The smallest absolute Gasteiger partial charge is 0.0767 e. The Balaban J connectivity index is 2.05.